The largest absolute Gasteiger partial charge is 0.490 e. The number of rotatable bonds is 11. The lowest BCUT2D eigenvalue weighted by atomic mass is 10.0. The fourth-order valence-corrected chi connectivity index (χ4v) is 3.73. The minimum atomic E-state index is -5.08. The normalized spacial score (nSPS) is 11.3. The zero-order valence-electron chi connectivity index (χ0n) is 25.7. The summed E-state index contributed by atoms with van der Waals surface area (Å²) < 4.78 is 43.4. The Morgan fingerprint density at radius 2 is 1.67 bits per heavy atom. The second-order valence-corrected chi connectivity index (χ2v) is 9.89. The lowest BCUT2D eigenvalue weighted by Gasteiger charge is -2.22. The van der Waals surface area contributed by atoms with Crippen molar-refractivity contribution in [3.63, 3.8) is 0 Å². The lowest BCUT2D eigenvalue weighted by molar-refractivity contribution is -0.192. The second-order valence-electron chi connectivity index (χ2n) is 9.89. The molecule has 0 radical (unpaired) electrons. The Balaban J connectivity index is 0.000000942. The van der Waals surface area contributed by atoms with Gasteiger partial charge in [-0.2, -0.15) is 13.2 Å². The average molecular weight is 648 g/mol. The van der Waals surface area contributed by atoms with E-state index in [1.807, 2.05) is 20.8 Å². The number of nitrogens with one attached hydrogen (secondary N) is 4. The predicted molar refractivity (Wildman–Crippen MR) is 165 cm³/mol. The third kappa shape index (κ3) is 10.9. The molecule has 1 aromatic heterocycles. The van der Waals surface area contributed by atoms with Gasteiger partial charge in [0, 0.05) is 31.5 Å². The van der Waals surface area contributed by atoms with Gasteiger partial charge in [-0.1, -0.05) is 6.07 Å². The molecule has 0 aliphatic carbocycles. The Labute approximate surface area is 263 Å². The highest BCUT2D eigenvalue weighted by atomic mass is 19.4. The number of hydrogen-bond donors (Lipinski definition) is 6. The molecule has 0 aliphatic heterocycles. The van der Waals surface area contributed by atoms with E-state index in [1.165, 1.54) is 0 Å². The summed E-state index contributed by atoms with van der Waals surface area (Å²) in [7, 11) is 3.55. The molecular formula is C30H36F3N7O6. The Bertz CT molecular complexity index is 1520. The standard InChI is InChI=1S/C28H35N7O4.C2HF3O2/c1-6-38-23-16-19(11-14-22(23)39-17(2)3)24(32-20-12-9-18(10-13-20)25(29)30)28(37)34-33-27(36)21-8-7-15-31-26(21)35(4)5;3-2(4,5)1(6)7/h7-17,24,32H,6H2,1-5H3,(H3,29,30)(H,33,36)(H,34,37);(H,6,7). The van der Waals surface area contributed by atoms with E-state index in [2.05, 4.69) is 21.2 Å². The maximum Gasteiger partial charge on any atom is 0.490 e. The monoisotopic (exact) mass is 647 g/mol. The fourth-order valence-electron chi connectivity index (χ4n) is 3.73. The number of carbonyl (C=O) groups is 3. The highest BCUT2D eigenvalue weighted by Gasteiger charge is 2.38. The first-order valence-corrected chi connectivity index (χ1v) is 13.7. The maximum absolute atomic E-state index is 13.5. The lowest BCUT2D eigenvalue weighted by Crippen LogP contribution is -2.45. The molecule has 46 heavy (non-hydrogen) atoms. The van der Waals surface area contributed by atoms with Crippen LogP contribution in [0.4, 0.5) is 24.7 Å². The number of hydrazine groups is 1. The number of nitrogens with two attached hydrogens (primary N) is 1. The first-order chi connectivity index (χ1) is 21.5. The van der Waals surface area contributed by atoms with Crippen LogP contribution in [0, 0.1) is 5.41 Å². The van der Waals surface area contributed by atoms with E-state index in [9.17, 15) is 22.8 Å². The van der Waals surface area contributed by atoms with E-state index in [0.717, 1.165) is 0 Å². The van der Waals surface area contributed by atoms with Crippen LogP contribution in [0.15, 0.2) is 60.8 Å². The van der Waals surface area contributed by atoms with Crippen molar-refractivity contribution >= 4 is 35.1 Å². The van der Waals surface area contributed by atoms with Crippen molar-refractivity contribution in [2.75, 3.05) is 30.9 Å². The van der Waals surface area contributed by atoms with Gasteiger partial charge in [-0.3, -0.25) is 25.8 Å². The van der Waals surface area contributed by atoms with Crippen LogP contribution in [0.5, 0.6) is 11.5 Å². The molecule has 248 valence electrons. The molecule has 3 rings (SSSR count). The van der Waals surface area contributed by atoms with Crippen molar-refractivity contribution in [2.45, 2.75) is 39.1 Å². The molecule has 1 unspecified atom stereocenters. The number of aliphatic carboxylic acids is 1. The number of pyridine rings is 1. The van der Waals surface area contributed by atoms with Gasteiger partial charge in [-0.25, -0.2) is 9.78 Å². The topological polar surface area (TPSA) is 192 Å². The van der Waals surface area contributed by atoms with Crippen molar-refractivity contribution in [3.8, 4) is 11.5 Å². The van der Waals surface area contributed by atoms with Gasteiger partial charge >= 0.3 is 12.1 Å². The van der Waals surface area contributed by atoms with Gasteiger partial charge in [0.1, 0.15) is 17.7 Å². The van der Waals surface area contributed by atoms with Gasteiger partial charge < -0.3 is 30.5 Å². The molecule has 0 aliphatic rings. The molecule has 2 amide bonds. The second kappa shape index (κ2) is 16.5. The van der Waals surface area contributed by atoms with E-state index in [4.69, 9.17) is 30.5 Å². The SMILES string of the molecule is CCOc1cc(C(Nc2ccc(C(=N)N)cc2)C(=O)NNC(=O)c2cccnc2N(C)C)ccc1OC(C)C.O=C(O)C(F)(F)F. The molecule has 0 saturated carbocycles. The summed E-state index contributed by atoms with van der Waals surface area (Å²) in [5, 5.41) is 17.9. The molecule has 0 fully saturated rings. The number of carboxylic acid groups (broad SMARTS) is 1. The minimum absolute atomic E-state index is 0.0619. The molecule has 13 nitrogen and oxygen atoms in total. The first-order valence-electron chi connectivity index (χ1n) is 13.7. The zero-order chi connectivity index (χ0) is 34.6. The molecule has 0 spiro atoms. The number of alkyl halides is 3. The molecule has 7 N–H and O–H groups in total. The summed E-state index contributed by atoms with van der Waals surface area (Å²) in [4.78, 5) is 41.2. The molecular weight excluding hydrogens is 611 g/mol. The highest BCUT2D eigenvalue weighted by molar-refractivity contribution is 6.00. The summed E-state index contributed by atoms with van der Waals surface area (Å²) in [6, 6.07) is 14.4. The van der Waals surface area contributed by atoms with Gasteiger partial charge in [-0.05, 0) is 74.9 Å². The number of nitrogens with zero attached hydrogens (tertiary/aromatic N) is 2. The van der Waals surface area contributed by atoms with Crippen molar-refractivity contribution in [1.29, 1.82) is 5.41 Å². The number of anilines is 2. The van der Waals surface area contributed by atoms with Crippen LogP contribution in [-0.2, 0) is 9.59 Å². The average Bonchev–Trinajstić information content (AvgIpc) is 2.99. The van der Waals surface area contributed by atoms with E-state index in [-0.39, 0.29) is 11.9 Å². The van der Waals surface area contributed by atoms with Crippen LogP contribution in [-0.4, -0.2) is 66.7 Å². The number of carboxylic acids is 1. The third-order valence-corrected chi connectivity index (χ3v) is 5.73. The molecule has 2 aromatic carbocycles. The Hall–Kier alpha value is -5.54. The van der Waals surface area contributed by atoms with Crippen LogP contribution in [0.25, 0.3) is 0 Å². The first kappa shape index (κ1) is 36.7. The number of ether oxygens (including phenoxy) is 2. The van der Waals surface area contributed by atoms with Crippen molar-refractivity contribution in [1.82, 2.24) is 15.8 Å². The maximum atomic E-state index is 13.5. The van der Waals surface area contributed by atoms with E-state index in [0.29, 0.717) is 46.3 Å². The highest BCUT2D eigenvalue weighted by Crippen LogP contribution is 2.33. The molecule has 1 heterocycles. The number of amides is 2. The van der Waals surface area contributed by atoms with E-state index in [1.54, 1.807) is 79.8 Å². The number of halogens is 3. The van der Waals surface area contributed by atoms with Gasteiger partial charge in [0.15, 0.2) is 11.5 Å². The van der Waals surface area contributed by atoms with Gasteiger partial charge in [0.05, 0.1) is 18.3 Å². The molecule has 0 bridgehead atoms. The van der Waals surface area contributed by atoms with Gasteiger partial charge in [0.25, 0.3) is 11.8 Å². The smallest absolute Gasteiger partial charge is 0.490 e. The number of amidine groups is 1. The van der Waals surface area contributed by atoms with E-state index < -0.39 is 30.0 Å². The molecule has 16 heteroatoms. The number of hydrogen-bond acceptors (Lipinski definition) is 9. The van der Waals surface area contributed by atoms with Crippen molar-refractivity contribution in [3.05, 3.63) is 77.5 Å². The predicted octanol–water partition coefficient (Wildman–Crippen LogP) is 3.87. The van der Waals surface area contributed by atoms with Crippen LogP contribution in [0.3, 0.4) is 0 Å². The Morgan fingerprint density at radius 1 is 1.04 bits per heavy atom. The number of aromatic nitrogens is 1. The summed E-state index contributed by atoms with van der Waals surface area (Å²) in [6.45, 7) is 6.10. The third-order valence-electron chi connectivity index (χ3n) is 5.73. The van der Waals surface area contributed by atoms with Gasteiger partial charge in [0.2, 0.25) is 0 Å². The summed E-state index contributed by atoms with van der Waals surface area (Å²) in [6.07, 6.45) is -3.56. The molecule has 1 atom stereocenters. The van der Waals surface area contributed by atoms with Crippen molar-refractivity contribution < 1.29 is 42.1 Å². The van der Waals surface area contributed by atoms with Gasteiger partial charge in [-0.15, -0.1) is 0 Å². The number of carbonyl (C=O) groups excluding carboxylic acids is 2. The summed E-state index contributed by atoms with van der Waals surface area (Å²) in [5.74, 6) is -2.34. The summed E-state index contributed by atoms with van der Waals surface area (Å²) in [5.41, 5.74) is 12.6. The Morgan fingerprint density at radius 3 is 2.20 bits per heavy atom. The quantitative estimate of drug-likeness (QED) is 0.101. The zero-order valence-corrected chi connectivity index (χ0v) is 25.7. The van der Waals surface area contributed by atoms with Crippen LogP contribution in [0.2, 0.25) is 0 Å². The van der Waals surface area contributed by atoms with Crippen LogP contribution in [0.1, 0.15) is 48.3 Å². The summed E-state index contributed by atoms with van der Waals surface area (Å²) >= 11 is 0. The van der Waals surface area contributed by atoms with E-state index >= 15 is 0 Å². The molecule has 0 saturated heterocycles. The Kier molecular flexibility index (Phi) is 13.2. The van der Waals surface area contributed by atoms with Crippen LogP contribution >= 0.6 is 0 Å². The number of benzene rings is 2. The molecule has 3 aromatic rings. The van der Waals surface area contributed by atoms with Crippen molar-refractivity contribution in [2.24, 2.45) is 5.73 Å². The number of nitrogen functional groups attached to an aromatic ring is 1. The minimum Gasteiger partial charge on any atom is -0.490 e. The fraction of sp³-hybridized carbons (Fsp3) is 0.300. The van der Waals surface area contributed by atoms with Crippen LogP contribution < -0.4 is 36.3 Å².